The Kier molecular flexibility index (Phi) is 5.43. The van der Waals surface area contributed by atoms with E-state index in [0.717, 1.165) is 11.3 Å². The number of anilines is 1. The third kappa shape index (κ3) is 3.94. The van der Waals surface area contributed by atoms with E-state index in [-0.39, 0.29) is 28.7 Å². The highest BCUT2D eigenvalue weighted by Crippen LogP contribution is 2.24. The number of aryl methyl sites for hydroxylation is 1. The number of thiocarbonyl (C=S) groups is 1. The van der Waals surface area contributed by atoms with Crippen molar-refractivity contribution >= 4 is 40.5 Å². The molecule has 0 radical (unpaired) electrons. The lowest BCUT2D eigenvalue weighted by atomic mass is 10.1. The molecule has 1 saturated heterocycles. The number of para-hydroxylation sites is 1. The van der Waals surface area contributed by atoms with Crippen LogP contribution in [0.25, 0.3) is 0 Å². The van der Waals surface area contributed by atoms with E-state index in [4.69, 9.17) is 12.2 Å². The lowest BCUT2D eigenvalue weighted by Gasteiger charge is -2.25. The number of hydrogen-bond acceptors (Lipinski definition) is 4. The average molecular weight is 380 g/mol. The molecule has 27 heavy (non-hydrogen) atoms. The van der Waals surface area contributed by atoms with Crippen molar-refractivity contribution in [3.8, 4) is 0 Å². The fraction of sp³-hybridized carbons (Fsp3) is 0.200. The summed E-state index contributed by atoms with van der Waals surface area (Å²) in [5, 5.41) is 5.89. The van der Waals surface area contributed by atoms with Crippen molar-refractivity contribution < 1.29 is 9.59 Å². The van der Waals surface area contributed by atoms with Gasteiger partial charge in [0.25, 0.3) is 11.8 Å². The minimum Gasteiger partial charge on any atom is -0.297 e. The Hall–Kier alpha value is -2.90. The van der Waals surface area contributed by atoms with Gasteiger partial charge in [0.05, 0.1) is 11.7 Å². The second-order valence-electron chi connectivity index (χ2n) is 6.33. The molecule has 6 nitrogen and oxygen atoms in total. The molecule has 0 spiro atoms. The summed E-state index contributed by atoms with van der Waals surface area (Å²) in [5.74, 6) is -0.609. The predicted molar refractivity (Wildman–Crippen MR) is 110 cm³/mol. The number of carbonyl (C=O) groups is 2. The highest BCUT2D eigenvalue weighted by atomic mass is 32.1. The molecule has 2 aromatic rings. The molecule has 1 N–H and O–H groups in total. The van der Waals surface area contributed by atoms with Gasteiger partial charge in [-0.05, 0) is 50.3 Å². The normalized spacial score (nSPS) is 18.8. The molecule has 0 aromatic heterocycles. The fourth-order valence-corrected chi connectivity index (χ4v) is 3.07. The lowest BCUT2D eigenvalue weighted by molar-refractivity contribution is -0.113. The van der Waals surface area contributed by atoms with Gasteiger partial charge in [-0.1, -0.05) is 35.9 Å². The third-order valence-corrected chi connectivity index (χ3v) is 4.60. The Morgan fingerprint density at radius 2 is 1.85 bits per heavy atom. The van der Waals surface area contributed by atoms with Crippen LogP contribution in [0.15, 0.2) is 59.6 Å². The molecule has 2 aromatic carbocycles. The third-order valence-electron chi connectivity index (χ3n) is 4.41. The molecule has 1 fully saturated rings. The highest BCUT2D eigenvalue weighted by molar-refractivity contribution is 7.80. The fourth-order valence-electron chi connectivity index (χ4n) is 2.88. The molecule has 0 saturated carbocycles. The van der Waals surface area contributed by atoms with Crippen molar-refractivity contribution in [3.05, 3.63) is 65.7 Å². The smallest absolute Gasteiger partial charge is 0.289 e. The summed E-state index contributed by atoms with van der Waals surface area (Å²) < 4.78 is 0. The van der Waals surface area contributed by atoms with Gasteiger partial charge in [-0.2, -0.15) is 0 Å². The first-order valence-corrected chi connectivity index (χ1v) is 8.92. The van der Waals surface area contributed by atoms with Gasteiger partial charge >= 0.3 is 0 Å². The summed E-state index contributed by atoms with van der Waals surface area (Å²) in [4.78, 5) is 29.4. The monoisotopic (exact) mass is 380 g/mol. The molecule has 2 amide bonds. The van der Waals surface area contributed by atoms with Crippen LogP contribution in [0.5, 0.6) is 0 Å². The molecule has 1 aliphatic heterocycles. The summed E-state index contributed by atoms with van der Waals surface area (Å²) in [6.07, 6.45) is 0. The van der Waals surface area contributed by atoms with Crippen molar-refractivity contribution in [2.45, 2.75) is 19.9 Å². The zero-order valence-corrected chi connectivity index (χ0v) is 16.2. The molecule has 0 bridgehead atoms. The number of nitrogens with one attached hydrogen (secondary N) is 1. The number of hydrogen-bond donors (Lipinski definition) is 1. The Bertz CT molecular complexity index is 927. The first kappa shape index (κ1) is 18.9. The lowest BCUT2D eigenvalue weighted by Crippen LogP contribution is -2.38. The van der Waals surface area contributed by atoms with Crippen LogP contribution in [-0.4, -0.2) is 40.7 Å². The summed E-state index contributed by atoms with van der Waals surface area (Å²) in [6.45, 7) is 3.77. The number of aliphatic imine (C=N–C) groups is 1. The molecule has 0 aliphatic carbocycles. The maximum absolute atomic E-state index is 12.8. The number of amides is 2. The van der Waals surface area contributed by atoms with Gasteiger partial charge in [-0.3, -0.25) is 14.9 Å². The van der Waals surface area contributed by atoms with E-state index in [1.807, 2.05) is 57.3 Å². The molecule has 3 rings (SSSR count). The van der Waals surface area contributed by atoms with E-state index in [1.165, 1.54) is 0 Å². The van der Waals surface area contributed by atoms with E-state index in [9.17, 15) is 9.59 Å². The Morgan fingerprint density at radius 1 is 1.15 bits per heavy atom. The SMILES string of the molecule is Cc1cccc(C(=O)NC(=S)N=C2C(=O)N(c3ccccc3)N(C)C2C)c1. The second-order valence-corrected chi connectivity index (χ2v) is 6.71. The quantitative estimate of drug-likeness (QED) is 0.814. The van der Waals surface area contributed by atoms with Gasteiger partial charge in [-0.15, -0.1) is 0 Å². The molecule has 1 unspecified atom stereocenters. The van der Waals surface area contributed by atoms with E-state index in [1.54, 1.807) is 28.2 Å². The number of benzene rings is 2. The Morgan fingerprint density at radius 3 is 2.52 bits per heavy atom. The number of hydrazine groups is 1. The highest BCUT2D eigenvalue weighted by Gasteiger charge is 2.40. The summed E-state index contributed by atoms with van der Waals surface area (Å²) in [6, 6.07) is 16.2. The van der Waals surface area contributed by atoms with Crippen molar-refractivity contribution in [1.29, 1.82) is 0 Å². The summed E-state index contributed by atoms with van der Waals surface area (Å²) in [7, 11) is 1.81. The molecular formula is C20H20N4O2S. The van der Waals surface area contributed by atoms with E-state index < -0.39 is 0 Å². The molecule has 1 aliphatic rings. The number of rotatable bonds is 2. The maximum atomic E-state index is 12.8. The molecule has 138 valence electrons. The van der Waals surface area contributed by atoms with Crippen LogP contribution < -0.4 is 10.3 Å². The zero-order valence-electron chi connectivity index (χ0n) is 15.3. The van der Waals surface area contributed by atoms with E-state index in [0.29, 0.717) is 5.56 Å². The molecule has 1 atom stereocenters. The van der Waals surface area contributed by atoms with Crippen molar-refractivity contribution in [1.82, 2.24) is 10.3 Å². The molecular weight excluding hydrogens is 360 g/mol. The van der Waals surface area contributed by atoms with Crippen molar-refractivity contribution in [2.75, 3.05) is 12.1 Å². The van der Waals surface area contributed by atoms with Gasteiger partial charge in [0, 0.05) is 12.6 Å². The van der Waals surface area contributed by atoms with Crippen LogP contribution in [0.2, 0.25) is 0 Å². The molecule has 1 heterocycles. The van der Waals surface area contributed by atoms with Crippen LogP contribution in [0.1, 0.15) is 22.8 Å². The van der Waals surface area contributed by atoms with E-state index in [2.05, 4.69) is 10.3 Å². The van der Waals surface area contributed by atoms with Crippen LogP contribution in [-0.2, 0) is 4.79 Å². The first-order chi connectivity index (χ1) is 12.9. The second kappa shape index (κ2) is 7.77. The number of nitrogens with zero attached hydrogens (tertiary/aromatic N) is 3. The standard InChI is InChI=1S/C20H20N4O2S/c1-13-8-7-9-15(12-13)18(25)22-20(27)21-17-14(2)23(3)24(19(17)26)16-10-5-4-6-11-16/h4-12,14H,1-3H3,(H,22,25,27). The van der Waals surface area contributed by atoms with Gasteiger partial charge in [0.2, 0.25) is 0 Å². The van der Waals surface area contributed by atoms with Gasteiger partial charge in [0.1, 0.15) is 5.71 Å². The maximum Gasteiger partial charge on any atom is 0.289 e. The minimum absolute atomic E-state index is 0.0278. The van der Waals surface area contributed by atoms with E-state index >= 15 is 0 Å². The minimum atomic E-state index is -0.348. The van der Waals surface area contributed by atoms with Crippen LogP contribution in [0.4, 0.5) is 5.69 Å². The predicted octanol–water partition coefficient (Wildman–Crippen LogP) is 2.73. The average Bonchev–Trinajstić information content (AvgIpc) is 2.86. The number of carbonyl (C=O) groups excluding carboxylic acids is 2. The van der Waals surface area contributed by atoms with Crippen molar-refractivity contribution in [3.63, 3.8) is 0 Å². The van der Waals surface area contributed by atoms with Gasteiger partial charge in [-0.25, -0.2) is 15.0 Å². The van der Waals surface area contributed by atoms with Crippen molar-refractivity contribution in [2.24, 2.45) is 4.99 Å². The first-order valence-electron chi connectivity index (χ1n) is 8.51. The topological polar surface area (TPSA) is 65.0 Å². The summed E-state index contributed by atoms with van der Waals surface area (Å²) >= 11 is 5.19. The van der Waals surface area contributed by atoms with Crippen LogP contribution in [0, 0.1) is 6.92 Å². The van der Waals surface area contributed by atoms with Gasteiger partial charge < -0.3 is 0 Å². The van der Waals surface area contributed by atoms with Crippen LogP contribution >= 0.6 is 12.2 Å². The Labute approximate surface area is 163 Å². The van der Waals surface area contributed by atoms with Crippen LogP contribution in [0.3, 0.4) is 0 Å². The largest absolute Gasteiger partial charge is 0.297 e. The summed E-state index contributed by atoms with van der Waals surface area (Å²) in [5.41, 5.74) is 2.50. The Balaban J connectivity index is 1.78. The van der Waals surface area contributed by atoms with Gasteiger partial charge in [0.15, 0.2) is 5.11 Å². The zero-order chi connectivity index (χ0) is 19.6. The molecule has 7 heteroatoms.